The van der Waals surface area contributed by atoms with Crippen molar-refractivity contribution in [3.8, 4) is 0 Å². The van der Waals surface area contributed by atoms with Gasteiger partial charge >= 0.3 is 0 Å². The lowest BCUT2D eigenvalue weighted by Crippen LogP contribution is -2.43. The Balaban J connectivity index is 1.96. The molecule has 1 amide bonds. The van der Waals surface area contributed by atoms with Crippen LogP contribution in [0.1, 0.15) is 31.4 Å². The van der Waals surface area contributed by atoms with E-state index in [4.69, 9.17) is 4.74 Å². The number of amides is 1. The molecule has 1 saturated heterocycles. The zero-order valence-corrected chi connectivity index (χ0v) is 12.2. The lowest BCUT2D eigenvalue weighted by Gasteiger charge is -2.34. The highest BCUT2D eigenvalue weighted by molar-refractivity contribution is 7.07. The molecule has 1 fully saturated rings. The van der Waals surface area contributed by atoms with Crippen LogP contribution in [0.4, 0.5) is 0 Å². The fourth-order valence-electron chi connectivity index (χ4n) is 2.34. The minimum atomic E-state index is 0.149. The van der Waals surface area contributed by atoms with E-state index in [0.717, 1.165) is 32.7 Å². The topological polar surface area (TPSA) is 41.6 Å². The molecule has 106 valence electrons. The van der Waals surface area contributed by atoms with Crippen LogP contribution >= 0.6 is 11.3 Å². The van der Waals surface area contributed by atoms with Gasteiger partial charge in [0.15, 0.2) is 0 Å². The van der Waals surface area contributed by atoms with Gasteiger partial charge < -0.3 is 10.1 Å². The van der Waals surface area contributed by atoms with Crippen molar-refractivity contribution in [2.45, 2.75) is 25.8 Å². The predicted molar refractivity (Wildman–Crippen MR) is 77.4 cm³/mol. The van der Waals surface area contributed by atoms with Crippen LogP contribution in [0, 0.1) is 0 Å². The van der Waals surface area contributed by atoms with Gasteiger partial charge in [0, 0.05) is 26.1 Å². The molecule has 1 aromatic heterocycles. The van der Waals surface area contributed by atoms with Crippen LogP contribution in [-0.4, -0.2) is 43.7 Å². The number of thiophene rings is 1. The Hall–Kier alpha value is -0.910. The van der Waals surface area contributed by atoms with Gasteiger partial charge in [0.2, 0.25) is 5.91 Å². The first-order valence-corrected chi connectivity index (χ1v) is 7.86. The van der Waals surface area contributed by atoms with Crippen molar-refractivity contribution in [2.75, 3.05) is 32.8 Å². The van der Waals surface area contributed by atoms with Crippen LogP contribution in [0.3, 0.4) is 0 Å². The van der Waals surface area contributed by atoms with E-state index in [2.05, 4.69) is 27.0 Å². The number of carbonyl (C=O) groups excluding carboxylic acids is 1. The molecule has 0 spiro atoms. The third kappa shape index (κ3) is 4.30. The molecule has 1 aliphatic rings. The van der Waals surface area contributed by atoms with Crippen molar-refractivity contribution >= 4 is 17.2 Å². The minimum Gasteiger partial charge on any atom is -0.379 e. The largest absolute Gasteiger partial charge is 0.379 e. The summed E-state index contributed by atoms with van der Waals surface area (Å²) in [6.07, 6.45) is 1.51. The Bertz CT molecular complexity index is 375. The Labute approximate surface area is 118 Å². The minimum absolute atomic E-state index is 0.149. The zero-order valence-electron chi connectivity index (χ0n) is 11.4. The molecule has 2 rings (SSSR count). The fraction of sp³-hybridized carbons (Fsp3) is 0.643. The maximum atomic E-state index is 11.6. The molecule has 1 unspecified atom stereocenters. The van der Waals surface area contributed by atoms with E-state index in [9.17, 15) is 4.79 Å². The quantitative estimate of drug-likeness (QED) is 0.868. The summed E-state index contributed by atoms with van der Waals surface area (Å²) in [6.45, 7) is 6.15. The Morgan fingerprint density at radius 2 is 2.32 bits per heavy atom. The first-order chi connectivity index (χ1) is 9.31. The van der Waals surface area contributed by atoms with Crippen LogP contribution < -0.4 is 5.32 Å². The molecule has 1 aromatic rings. The van der Waals surface area contributed by atoms with Gasteiger partial charge in [-0.25, -0.2) is 0 Å². The summed E-state index contributed by atoms with van der Waals surface area (Å²) in [6, 6.07) is 2.42. The monoisotopic (exact) mass is 282 g/mol. The standard InChI is InChI=1S/C14H22N2O2S/c1-2-3-14(17)15-10-13(12-4-9-19-11-12)16-5-7-18-8-6-16/h4,9,11,13H,2-3,5-8,10H2,1H3,(H,15,17). The van der Waals surface area contributed by atoms with Crippen molar-refractivity contribution in [2.24, 2.45) is 0 Å². The van der Waals surface area contributed by atoms with E-state index in [1.54, 1.807) is 11.3 Å². The van der Waals surface area contributed by atoms with Gasteiger partial charge in [-0.2, -0.15) is 11.3 Å². The van der Waals surface area contributed by atoms with Crippen LogP contribution in [-0.2, 0) is 9.53 Å². The molecule has 19 heavy (non-hydrogen) atoms. The van der Waals surface area contributed by atoms with Crippen molar-refractivity contribution < 1.29 is 9.53 Å². The van der Waals surface area contributed by atoms with Crippen LogP contribution in [0.15, 0.2) is 16.8 Å². The molecule has 0 bridgehead atoms. The Morgan fingerprint density at radius 1 is 1.53 bits per heavy atom. The maximum Gasteiger partial charge on any atom is 0.220 e. The number of nitrogens with one attached hydrogen (secondary N) is 1. The van der Waals surface area contributed by atoms with Crippen molar-refractivity contribution in [1.29, 1.82) is 0 Å². The highest BCUT2D eigenvalue weighted by Crippen LogP contribution is 2.23. The smallest absolute Gasteiger partial charge is 0.220 e. The van der Waals surface area contributed by atoms with E-state index in [0.29, 0.717) is 13.0 Å². The second kappa shape index (κ2) is 7.62. The summed E-state index contributed by atoms with van der Waals surface area (Å²) in [5.41, 5.74) is 1.30. The van der Waals surface area contributed by atoms with E-state index in [1.807, 2.05) is 6.92 Å². The van der Waals surface area contributed by atoms with Crippen LogP contribution in [0.25, 0.3) is 0 Å². The van der Waals surface area contributed by atoms with Gasteiger partial charge in [0.05, 0.1) is 19.3 Å². The average molecular weight is 282 g/mol. The summed E-state index contributed by atoms with van der Waals surface area (Å²) >= 11 is 1.71. The number of ether oxygens (including phenoxy) is 1. The number of morpholine rings is 1. The number of rotatable bonds is 6. The molecule has 0 aromatic carbocycles. The predicted octanol–water partition coefficient (Wildman–Crippen LogP) is 2.04. The van der Waals surface area contributed by atoms with Gasteiger partial charge in [-0.1, -0.05) is 6.92 Å². The molecular weight excluding hydrogens is 260 g/mol. The Morgan fingerprint density at radius 3 is 2.95 bits per heavy atom. The lowest BCUT2D eigenvalue weighted by atomic mass is 10.1. The average Bonchev–Trinajstić information content (AvgIpc) is 2.94. The van der Waals surface area contributed by atoms with Crippen LogP contribution in [0.5, 0.6) is 0 Å². The first-order valence-electron chi connectivity index (χ1n) is 6.92. The highest BCUT2D eigenvalue weighted by Gasteiger charge is 2.23. The summed E-state index contributed by atoms with van der Waals surface area (Å²) in [5.74, 6) is 0.149. The molecular formula is C14H22N2O2S. The van der Waals surface area contributed by atoms with Crippen molar-refractivity contribution in [3.05, 3.63) is 22.4 Å². The number of hydrogen-bond acceptors (Lipinski definition) is 4. The van der Waals surface area contributed by atoms with Crippen molar-refractivity contribution in [1.82, 2.24) is 10.2 Å². The Kier molecular flexibility index (Phi) is 5.82. The summed E-state index contributed by atoms with van der Waals surface area (Å²) < 4.78 is 5.40. The fourth-order valence-corrected chi connectivity index (χ4v) is 3.04. The normalized spacial score (nSPS) is 18.2. The van der Waals surface area contributed by atoms with Crippen LogP contribution in [0.2, 0.25) is 0 Å². The van der Waals surface area contributed by atoms with Gasteiger partial charge in [0.1, 0.15) is 0 Å². The molecule has 1 N–H and O–H groups in total. The summed E-state index contributed by atoms with van der Waals surface area (Å²) in [5, 5.41) is 7.32. The number of nitrogens with zero attached hydrogens (tertiary/aromatic N) is 1. The van der Waals surface area contributed by atoms with Gasteiger partial charge in [0.25, 0.3) is 0 Å². The SMILES string of the molecule is CCCC(=O)NCC(c1ccsc1)N1CCOCC1. The molecule has 2 heterocycles. The summed E-state index contributed by atoms with van der Waals surface area (Å²) in [7, 11) is 0. The molecule has 4 nitrogen and oxygen atoms in total. The first kappa shape index (κ1) is 14.5. The molecule has 0 radical (unpaired) electrons. The molecule has 0 saturated carbocycles. The highest BCUT2D eigenvalue weighted by atomic mass is 32.1. The lowest BCUT2D eigenvalue weighted by molar-refractivity contribution is -0.121. The van der Waals surface area contributed by atoms with Crippen molar-refractivity contribution in [3.63, 3.8) is 0 Å². The zero-order chi connectivity index (χ0) is 13.5. The van der Waals surface area contributed by atoms with Gasteiger partial charge in [-0.15, -0.1) is 0 Å². The molecule has 1 atom stereocenters. The number of hydrogen-bond donors (Lipinski definition) is 1. The second-order valence-corrected chi connectivity index (χ2v) is 5.55. The molecule has 0 aliphatic carbocycles. The van der Waals surface area contributed by atoms with E-state index < -0.39 is 0 Å². The van der Waals surface area contributed by atoms with E-state index in [1.165, 1.54) is 5.56 Å². The van der Waals surface area contributed by atoms with E-state index in [-0.39, 0.29) is 11.9 Å². The summed E-state index contributed by atoms with van der Waals surface area (Å²) in [4.78, 5) is 14.0. The van der Waals surface area contributed by atoms with Gasteiger partial charge in [-0.3, -0.25) is 9.69 Å². The third-order valence-electron chi connectivity index (χ3n) is 3.38. The molecule has 1 aliphatic heterocycles. The van der Waals surface area contributed by atoms with Gasteiger partial charge in [-0.05, 0) is 28.8 Å². The third-order valence-corrected chi connectivity index (χ3v) is 4.09. The van der Waals surface area contributed by atoms with E-state index >= 15 is 0 Å². The molecule has 5 heteroatoms. The second-order valence-electron chi connectivity index (χ2n) is 4.77. The maximum absolute atomic E-state index is 11.6. The number of carbonyl (C=O) groups is 1.